The van der Waals surface area contributed by atoms with Crippen LogP contribution in [0, 0.1) is 0 Å². The molecule has 0 unspecified atom stereocenters. The van der Waals surface area contributed by atoms with Crippen LogP contribution < -0.4 is 10.6 Å². The molecule has 0 fully saturated rings. The molecular formula is C16H24N4S. The van der Waals surface area contributed by atoms with Gasteiger partial charge in [0.2, 0.25) is 5.13 Å². The number of benzene rings is 1. The van der Waals surface area contributed by atoms with Gasteiger partial charge in [-0.1, -0.05) is 45.9 Å². The van der Waals surface area contributed by atoms with E-state index in [2.05, 4.69) is 43.0 Å². The largest absolute Gasteiger partial charge is 0.398 e. The molecule has 0 radical (unpaired) electrons. The summed E-state index contributed by atoms with van der Waals surface area (Å²) >= 11 is 1.47. The van der Waals surface area contributed by atoms with E-state index < -0.39 is 0 Å². The van der Waals surface area contributed by atoms with E-state index in [1.165, 1.54) is 11.5 Å². The third-order valence-electron chi connectivity index (χ3n) is 3.27. The first-order valence-corrected chi connectivity index (χ1v) is 8.11. The topological polar surface area (TPSA) is 55.0 Å². The van der Waals surface area contributed by atoms with Gasteiger partial charge >= 0.3 is 0 Å². The van der Waals surface area contributed by atoms with Crippen LogP contribution in [-0.4, -0.2) is 15.9 Å². The molecule has 21 heavy (non-hydrogen) atoms. The molecule has 1 heterocycles. The summed E-state index contributed by atoms with van der Waals surface area (Å²) in [7, 11) is 0. The minimum atomic E-state index is -0.0155. The predicted octanol–water partition coefficient (Wildman–Crippen LogP) is 3.83. The van der Waals surface area contributed by atoms with Crippen LogP contribution in [0.3, 0.4) is 0 Å². The molecule has 5 heteroatoms. The van der Waals surface area contributed by atoms with E-state index in [0.717, 1.165) is 41.7 Å². The summed E-state index contributed by atoms with van der Waals surface area (Å²) < 4.78 is 4.51. The van der Waals surface area contributed by atoms with Gasteiger partial charge in [-0.25, -0.2) is 4.98 Å². The van der Waals surface area contributed by atoms with Gasteiger partial charge in [0, 0.05) is 35.7 Å². The van der Waals surface area contributed by atoms with Gasteiger partial charge in [0.1, 0.15) is 5.82 Å². The van der Waals surface area contributed by atoms with Crippen molar-refractivity contribution in [3.63, 3.8) is 0 Å². The first-order chi connectivity index (χ1) is 9.91. The Hall–Kier alpha value is -1.62. The molecule has 0 aliphatic heterocycles. The molecule has 0 atom stereocenters. The molecule has 2 rings (SSSR count). The lowest BCUT2D eigenvalue weighted by molar-refractivity contribution is 0.554. The Balaban J connectivity index is 2.23. The van der Waals surface area contributed by atoms with E-state index in [4.69, 9.17) is 10.7 Å². The van der Waals surface area contributed by atoms with Gasteiger partial charge in [0.25, 0.3) is 0 Å². The predicted molar refractivity (Wildman–Crippen MR) is 90.8 cm³/mol. The van der Waals surface area contributed by atoms with Crippen LogP contribution in [0.2, 0.25) is 0 Å². The summed E-state index contributed by atoms with van der Waals surface area (Å²) in [5.74, 6) is 0.907. The van der Waals surface area contributed by atoms with Crippen molar-refractivity contribution >= 4 is 22.4 Å². The Kier molecular flexibility index (Phi) is 4.83. The zero-order chi connectivity index (χ0) is 15.5. The fourth-order valence-electron chi connectivity index (χ4n) is 2.04. The van der Waals surface area contributed by atoms with Crippen molar-refractivity contribution in [1.29, 1.82) is 0 Å². The molecule has 0 amide bonds. The zero-order valence-corrected chi connectivity index (χ0v) is 14.1. The maximum atomic E-state index is 6.06. The SMILES string of the molecule is CCCN(Cc1ccccc1N)c1nc(C(C)(C)C)ns1. The Bertz CT molecular complexity index is 586. The second kappa shape index (κ2) is 6.43. The number of hydrogen-bond acceptors (Lipinski definition) is 5. The van der Waals surface area contributed by atoms with Crippen molar-refractivity contribution in [2.24, 2.45) is 0 Å². The fraction of sp³-hybridized carbons (Fsp3) is 0.500. The van der Waals surface area contributed by atoms with Crippen LogP contribution in [0.25, 0.3) is 0 Å². The van der Waals surface area contributed by atoms with Crippen LogP contribution >= 0.6 is 11.5 Å². The molecular weight excluding hydrogens is 280 g/mol. The van der Waals surface area contributed by atoms with Gasteiger partial charge in [0.05, 0.1) is 0 Å². The number of nitrogens with two attached hydrogens (primary N) is 1. The van der Waals surface area contributed by atoms with E-state index >= 15 is 0 Å². The van der Waals surface area contributed by atoms with Crippen molar-refractivity contribution in [3.8, 4) is 0 Å². The molecule has 0 saturated carbocycles. The second-order valence-electron chi connectivity index (χ2n) is 6.27. The van der Waals surface area contributed by atoms with Crippen LogP contribution in [0.15, 0.2) is 24.3 Å². The van der Waals surface area contributed by atoms with Gasteiger partial charge in [-0.3, -0.25) is 0 Å². The summed E-state index contributed by atoms with van der Waals surface area (Å²) in [5, 5.41) is 0.977. The Morgan fingerprint density at radius 3 is 2.52 bits per heavy atom. The van der Waals surface area contributed by atoms with Crippen molar-refractivity contribution in [1.82, 2.24) is 9.36 Å². The average Bonchev–Trinajstić information content (AvgIpc) is 2.90. The standard InChI is InChI=1S/C16H24N4S/c1-5-10-20(11-12-8-6-7-9-13(12)17)15-18-14(19-21-15)16(2,3)4/h6-9H,5,10-11,17H2,1-4H3. The Morgan fingerprint density at radius 2 is 1.95 bits per heavy atom. The minimum Gasteiger partial charge on any atom is -0.398 e. The number of para-hydroxylation sites is 1. The van der Waals surface area contributed by atoms with Crippen molar-refractivity contribution < 1.29 is 0 Å². The number of hydrogen-bond donors (Lipinski definition) is 1. The summed E-state index contributed by atoms with van der Waals surface area (Å²) in [6.45, 7) is 10.3. The summed E-state index contributed by atoms with van der Waals surface area (Å²) in [5.41, 5.74) is 8.01. The molecule has 2 aromatic rings. The van der Waals surface area contributed by atoms with E-state index in [-0.39, 0.29) is 5.41 Å². The summed E-state index contributed by atoms with van der Waals surface area (Å²) in [6, 6.07) is 8.01. The third kappa shape index (κ3) is 3.94. The fourth-order valence-corrected chi connectivity index (χ4v) is 2.93. The number of rotatable bonds is 5. The van der Waals surface area contributed by atoms with Crippen molar-refractivity contribution in [2.45, 2.75) is 46.1 Å². The van der Waals surface area contributed by atoms with Crippen LogP contribution in [0.5, 0.6) is 0 Å². The molecule has 2 N–H and O–H groups in total. The lowest BCUT2D eigenvalue weighted by Crippen LogP contribution is -2.24. The van der Waals surface area contributed by atoms with E-state index in [9.17, 15) is 0 Å². The molecule has 1 aromatic heterocycles. The molecule has 1 aromatic carbocycles. The zero-order valence-electron chi connectivity index (χ0n) is 13.3. The number of aromatic nitrogens is 2. The van der Waals surface area contributed by atoms with Crippen molar-refractivity contribution in [3.05, 3.63) is 35.7 Å². The van der Waals surface area contributed by atoms with Gasteiger partial charge in [-0.15, -0.1) is 0 Å². The van der Waals surface area contributed by atoms with Crippen LogP contribution in [0.1, 0.15) is 45.5 Å². The molecule has 0 saturated heterocycles. The normalized spacial score (nSPS) is 11.6. The molecule has 0 aliphatic carbocycles. The lowest BCUT2D eigenvalue weighted by Gasteiger charge is -2.22. The highest BCUT2D eigenvalue weighted by Crippen LogP contribution is 2.27. The van der Waals surface area contributed by atoms with E-state index in [1.807, 2.05) is 18.2 Å². The van der Waals surface area contributed by atoms with Gasteiger partial charge in [-0.2, -0.15) is 4.37 Å². The van der Waals surface area contributed by atoms with Crippen LogP contribution in [-0.2, 0) is 12.0 Å². The Morgan fingerprint density at radius 1 is 1.24 bits per heavy atom. The average molecular weight is 304 g/mol. The molecule has 114 valence electrons. The molecule has 0 aliphatic rings. The summed E-state index contributed by atoms with van der Waals surface area (Å²) in [4.78, 5) is 6.98. The third-order valence-corrected chi connectivity index (χ3v) is 4.04. The van der Waals surface area contributed by atoms with Gasteiger partial charge in [0.15, 0.2) is 0 Å². The number of anilines is 2. The summed E-state index contributed by atoms with van der Waals surface area (Å²) in [6.07, 6.45) is 1.07. The van der Waals surface area contributed by atoms with Gasteiger partial charge in [-0.05, 0) is 18.1 Å². The first kappa shape index (κ1) is 15.8. The van der Waals surface area contributed by atoms with E-state index in [0.29, 0.717) is 0 Å². The monoisotopic (exact) mass is 304 g/mol. The van der Waals surface area contributed by atoms with E-state index in [1.54, 1.807) is 0 Å². The van der Waals surface area contributed by atoms with Crippen molar-refractivity contribution in [2.75, 3.05) is 17.2 Å². The Labute approximate surface area is 131 Å². The second-order valence-corrected chi connectivity index (χ2v) is 7.00. The van der Waals surface area contributed by atoms with Gasteiger partial charge < -0.3 is 10.6 Å². The molecule has 0 spiro atoms. The highest BCUT2D eigenvalue weighted by molar-refractivity contribution is 7.09. The quantitative estimate of drug-likeness (QED) is 0.853. The maximum Gasteiger partial charge on any atom is 0.205 e. The highest BCUT2D eigenvalue weighted by atomic mass is 32.1. The molecule has 0 bridgehead atoms. The smallest absolute Gasteiger partial charge is 0.205 e. The first-order valence-electron chi connectivity index (χ1n) is 7.34. The van der Waals surface area contributed by atoms with Crippen LogP contribution in [0.4, 0.5) is 10.8 Å². The lowest BCUT2D eigenvalue weighted by atomic mass is 9.96. The number of nitrogens with zero attached hydrogens (tertiary/aromatic N) is 3. The minimum absolute atomic E-state index is 0.0155. The highest BCUT2D eigenvalue weighted by Gasteiger charge is 2.21. The maximum absolute atomic E-state index is 6.06. The number of nitrogen functional groups attached to an aromatic ring is 1. The molecule has 4 nitrogen and oxygen atoms in total.